The van der Waals surface area contributed by atoms with E-state index in [1.54, 1.807) is 13.3 Å². The highest BCUT2D eigenvalue weighted by Crippen LogP contribution is 2.34. The van der Waals surface area contributed by atoms with E-state index in [0.29, 0.717) is 30.7 Å². The van der Waals surface area contributed by atoms with Crippen LogP contribution in [0.1, 0.15) is 25.1 Å². The van der Waals surface area contributed by atoms with Crippen LogP contribution in [0, 0.1) is 5.92 Å². The fraction of sp³-hybridized carbons (Fsp3) is 0.750. The molecule has 0 spiro atoms. The lowest BCUT2D eigenvalue weighted by molar-refractivity contribution is 0.116. The maximum Gasteiger partial charge on any atom is 0.0834 e. The molecule has 0 aromatic carbocycles. The fourth-order valence-corrected chi connectivity index (χ4v) is 2.82. The molecule has 1 aromatic heterocycles. The average molecular weight is 289 g/mol. The van der Waals surface area contributed by atoms with Crippen LogP contribution in [0.25, 0.3) is 0 Å². The van der Waals surface area contributed by atoms with Gasteiger partial charge in [-0.1, -0.05) is 11.6 Å². The molecule has 108 valence electrons. The Balaban J connectivity index is 2.19. The van der Waals surface area contributed by atoms with Crippen LogP contribution in [0.5, 0.6) is 0 Å². The molecule has 0 bridgehead atoms. The minimum atomic E-state index is -0.0585. The van der Waals surface area contributed by atoms with Gasteiger partial charge in [0.25, 0.3) is 0 Å². The number of ether oxygens (including phenoxy) is 2. The molecule has 1 saturated heterocycles. The van der Waals surface area contributed by atoms with Gasteiger partial charge in [-0.25, -0.2) is 0 Å². The number of hydrogen-bond donors (Lipinski definition) is 2. The highest BCUT2D eigenvalue weighted by molar-refractivity contribution is 6.31. The predicted octanol–water partition coefficient (Wildman–Crippen LogP) is 1.11. The number of methoxy groups -OCH3 is 1. The minimum absolute atomic E-state index is 0.0585. The number of nitrogens with two attached hydrogens (primary N) is 1. The zero-order valence-corrected chi connectivity index (χ0v) is 12.1. The van der Waals surface area contributed by atoms with Crippen LogP contribution >= 0.6 is 11.6 Å². The second kappa shape index (κ2) is 6.67. The summed E-state index contributed by atoms with van der Waals surface area (Å²) in [6.07, 6.45) is 2.87. The van der Waals surface area contributed by atoms with Crippen molar-refractivity contribution in [3.63, 3.8) is 0 Å². The topological polar surface area (TPSA) is 74.3 Å². The van der Waals surface area contributed by atoms with Crippen LogP contribution < -0.4 is 11.3 Å². The van der Waals surface area contributed by atoms with Crippen LogP contribution in [-0.4, -0.2) is 36.2 Å². The van der Waals surface area contributed by atoms with E-state index >= 15 is 0 Å². The Hall–Kier alpha value is -0.660. The summed E-state index contributed by atoms with van der Waals surface area (Å²) in [6, 6.07) is -0.0585. The van der Waals surface area contributed by atoms with Crippen molar-refractivity contribution in [3.05, 3.63) is 16.9 Å². The maximum absolute atomic E-state index is 6.25. The van der Waals surface area contributed by atoms with Gasteiger partial charge in [-0.3, -0.25) is 16.0 Å². The van der Waals surface area contributed by atoms with Crippen molar-refractivity contribution in [1.82, 2.24) is 15.2 Å². The number of halogens is 1. The van der Waals surface area contributed by atoms with Gasteiger partial charge in [0.15, 0.2) is 0 Å². The summed E-state index contributed by atoms with van der Waals surface area (Å²) in [4.78, 5) is 0. The van der Waals surface area contributed by atoms with Gasteiger partial charge in [0, 0.05) is 13.0 Å². The van der Waals surface area contributed by atoms with Crippen LogP contribution in [0.15, 0.2) is 6.20 Å². The third-order valence-electron chi connectivity index (χ3n) is 3.52. The van der Waals surface area contributed by atoms with E-state index < -0.39 is 0 Å². The molecule has 1 aliphatic rings. The molecule has 2 rings (SSSR count). The number of hydrazine groups is 1. The Morgan fingerprint density at radius 2 is 2.53 bits per heavy atom. The van der Waals surface area contributed by atoms with Gasteiger partial charge in [0.1, 0.15) is 0 Å². The standard InChI is InChI=1S/C12H21ClN4O2/c1-8-5-9(7-19-8)11(16-14)12-10(13)6-15-17(12)3-4-18-2/h6,8-9,11,16H,3-5,7,14H2,1-2H3. The molecule has 0 aliphatic carbocycles. The van der Waals surface area contributed by atoms with Crippen molar-refractivity contribution in [2.75, 3.05) is 20.3 Å². The molecule has 2 heterocycles. The predicted molar refractivity (Wildman–Crippen MR) is 72.7 cm³/mol. The average Bonchev–Trinajstić information content (AvgIpc) is 2.97. The molecule has 3 atom stereocenters. The first-order chi connectivity index (χ1) is 9.17. The third-order valence-corrected chi connectivity index (χ3v) is 3.81. The molecule has 1 fully saturated rings. The van der Waals surface area contributed by atoms with Gasteiger partial charge in [-0.05, 0) is 13.3 Å². The normalized spacial score (nSPS) is 24.8. The van der Waals surface area contributed by atoms with Gasteiger partial charge in [-0.2, -0.15) is 5.10 Å². The molecule has 19 heavy (non-hydrogen) atoms. The van der Waals surface area contributed by atoms with Gasteiger partial charge in [0.05, 0.1) is 48.8 Å². The summed E-state index contributed by atoms with van der Waals surface area (Å²) >= 11 is 6.25. The van der Waals surface area contributed by atoms with Gasteiger partial charge >= 0.3 is 0 Å². The summed E-state index contributed by atoms with van der Waals surface area (Å²) in [5, 5.41) is 4.90. The molecule has 0 radical (unpaired) electrons. The van der Waals surface area contributed by atoms with Gasteiger partial charge in [-0.15, -0.1) is 0 Å². The van der Waals surface area contributed by atoms with Crippen LogP contribution in [-0.2, 0) is 16.0 Å². The van der Waals surface area contributed by atoms with E-state index in [9.17, 15) is 0 Å². The smallest absolute Gasteiger partial charge is 0.0834 e. The molecule has 3 N–H and O–H groups in total. The lowest BCUT2D eigenvalue weighted by atomic mass is 9.95. The Kier molecular flexibility index (Phi) is 5.18. The van der Waals surface area contributed by atoms with E-state index in [1.165, 1.54) is 0 Å². The van der Waals surface area contributed by atoms with E-state index in [4.69, 9.17) is 26.9 Å². The first kappa shape index (κ1) is 14.7. The van der Waals surface area contributed by atoms with Crippen molar-refractivity contribution < 1.29 is 9.47 Å². The molecule has 1 aliphatic heterocycles. The zero-order valence-electron chi connectivity index (χ0n) is 11.3. The lowest BCUT2D eigenvalue weighted by Gasteiger charge is -2.23. The van der Waals surface area contributed by atoms with Crippen molar-refractivity contribution in [2.45, 2.75) is 32.0 Å². The van der Waals surface area contributed by atoms with E-state index in [0.717, 1.165) is 12.1 Å². The molecule has 7 heteroatoms. The van der Waals surface area contributed by atoms with Crippen molar-refractivity contribution >= 4 is 11.6 Å². The summed E-state index contributed by atoms with van der Waals surface area (Å²) in [5.74, 6) is 6.02. The highest BCUT2D eigenvalue weighted by Gasteiger charge is 2.33. The Morgan fingerprint density at radius 1 is 1.74 bits per heavy atom. The fourth-order valence-electron chi connectivity index (χ4n) is 2.56. The molecule has 1 aromatic rings. The quantitative estimate of drug-likeness (QED) is 0.606. The van der Waals surface area contributed by atoms with Crippen LogP contribution in [0.3, 0.4) is 0 Å². The minimum Gasteiger partial charge on any atom is -0.383 e. The number of nitrogens with zero attached hydrogens (tertiary/aromatic N) is 2. The number of aromatic nitrogens is 2. The largest absolute Gasteiger partial charge is 0.383 e. The monoisotopic (exact) mass is 288 g/mol. The van der Waals surface area contributed by atoms with Crippen molar-refractivity contribution in [2.24, 2.45) is 11.8 Å². The molecular formula is C12H21ClN4O2. The van der Waals surface area contributed by atoms with E-state index in [-0.39, 0.29) is 12.1 Å². The molecule has 0 saturated carbocycles. The van der Waals surface area contributed by atoms with Gasteiger partial charge < -0.3 is 9.47 Å². The van der Waals surface area contributed by atoms with Gasteiger partial charge in [0.2, 0.25) is 0 Å². The molecule has 0 amide bonds. The lowest BCUT2D eigenvalue weighted by Crippen LogP contribution is -2.36. The van der Waals surface area contributed by atoms with Crippen LogP contribution in [0.2, 0.25) is 5.02 Å². The Bertz CT molecular complexity index is 412. The highest BCUT2D eigenvalue weighted by atomic mass is 35.5. The Morgan fingerprint density at radius 3 is 3.11 bits per heavy atom. The second-order valence-electron chi connectivity index (χ2n) is 4.88. The summed E-state index contributed by atoms with van der Waals surface area (Å²) in [5.41, 5.74) is 3.76. The Labute approximate surface area is 118 Å². The second-order valence-corrected chi connectivity index (χ2v) is 5.28. The number of nitrogens with one attached hydrogen (secondary N) is 1. The van der Waals surface area contributed by atoms with Crippen LogP contribution in [0.4, 0.5) is 0 Å². The molecular weight excluding hydrogens is 268 g/mol. The third kappa shape index (κ3) is 3.27. The molecule has 3 unspecified atom stereocenters. The van der Waals surface area contributed by atoms with Crippen molar-refractivity contribution in [3.8, 4) is 0 Å². The summed E-state index contributed by atoms with van der Waals surface area (Å²) < 4.78 is 12.5. The maximum atomic E-state index is 6.25. The van der Waals surface area contributed by atoms with E-state index in [1.807, 2.05) is 4.68 Å². The first-order valence-corrected chi connectivity index (χ1v) is 6.83. The zero-order chi connectivity index (χ0) is 13.8. The van der Waals surface area contributed by atoms with E-state index in [2.05, 4.69) is 17.4 Å². The molecule has 6 nitrogen and oxygen atoms in total. The summed E-state index contributed by atoms with van der Waals surface area (Å²) in [6.45, 7) is 3.99. The number of rotatable bonds is 6. The first-order valence-electron chi connectivity index (χ1n) is 6.45. The SMILES string of the molecule is COCCn1ncc(Cl)c1C(NN)C1COC(C)C1. The number of hydrogen-bond acceptors (Lipinski definition) is 5. The van der Waals surface area contributed by atoms with Crippen molar-refractivity contribution in [1.29, 1.82) is 0 Å². The summed E-state index contributed by atoms with van der Waals surface area (Å²) in [7, 11) is 1.66.